The van der Waals surface area contributed by atoms with Crippen molar-refractivity contribution in [1.29, 1.82) is 0 Å². The molecule has 0 aliphatic heterocycles. The van der Waals surface area contributed by atoms with E-state index in [1.54, 1.807) is 56.3 Å². The van der Waals surface area contributed by atoms with Gasteiger partial charge in [-0.05, 0) is 42.3 Å². The molecule has 0 radical (unpaired) electrons. The molecule has 0 aliphatic rings. The first-order valence-electron chi connectivity index (χ1n) is 9.03. The monoisotopic (exact) mass is 442 g/mol. The van der Waals surface area contributed by atoms with Crippen LogP contribution in [0.1, 0.15) is 37.9 Å². The van der Waals surface area contributed by atoms with Crippen LogP contribution in [0.2, 0.25) is 10.0 Å². The smallest absolute Gasteiger partial charge is 0.243 e. The van der Waals surface area contributed by atoms with Gasteiger partial charge in [0, 0.05) is 23.1 Å². The van der Waals surface area contributed by atoms with Crippen LogP contribution in [-0.4, -0.2) is 31.7 Å². The molecule has 1 unspecified atom stereocenters. The second-order valence-corrected chi connectivity index (χ2v) is 9.08. The van der Waals surface area contributed by atoms with E-state index in [9.17, 15) is 13.2 Å². The van der Waals surface area contributed by atoms with Crippen molar-refractivity contribution < 1.29 is 13.2 Å². The van der Waals surface area contributed by atoms with Gasteiger partial charge in [0.25, 0.3) is 0 Å². The molecule has 0 bridgehead atoms. The minimum absolute atomic E-state index is 0.0667. The van der Waals surface area contributed by atoms with Gasteiger partial charge in [0.15, 0.2) is 0 Å². The van der Waals surface area contributed by atoms with Gasteiger partial charge in [-0.25, -0.2) is 8.42 Å². The Morgan fingerprint density at radius 1 is 1.04 bits per heavy atom. The lowest BCUT2D eigenvalue weighted by molar-refractivity contribution is -0.121. The highest BCUT2D eigenvalue weighted by Crippen LogP contribution is 2.25. The van der Waals surface area contributed by atoms with Crippen molar-refractivity contribution in [3.05, 3.63) is 63.6 Å². The zero-order valence-corrected chi connectivity index (χ0v) is 18.4. The minimum Gasteiger partial charge on any atom is -0.349 e. The fourth-order valence-electron chi connectivity index (χ4n) is 2.88. The van der Waals surface area contributed by atoms with Crippen LogP contribution in [0.3, 0.4) is 0 Å². The summed E-state index contributed by atoms with van der Waals surface area (Å²) in [4.78, 5) is 12.6. The summed E-state index contributed by atoms with van der Waals surface area (Å²) < 4.78 is 26.5. The van der Waals surface area contributed by atoms with Gasteiger partial charge in [0.05, 0.1) is 17.4 Å². The summed E-state index contributed by atoms with van der Waals surface area (Å²) in [6.45, 7) is 6.27. The third kappa shape index (κ3) is 5.26. The highest BCUT2D eigenvalue weighted by atomic mass is 35.5. The van der Waals surface area contributed by atoms with Crippen molar-refractivity contribution >= 4 is 39.1 Å². The van der Waals surface area contributed by atoms with Gasteiger partial charge in [-0.1, -0.05) is 55.2 Å². The first-order valence-corrected chi connectivity index (χ1v) is 11.2. The molecule has 1 amide bonds. The molecule has 1 atom stereocenters. The highest BCUT2D eigenvalue weighted by molar-refractivity contribution is 7.89. The molecule has 5 nitrogen and oxygen atoms in total. The molecule has 1 N–H and O–H groups in total. The Morgan fingerprint density at radius 3 is 2.07 bits per heavy atom. The first-order chi connectivity index (χ1) is 13.2. The predicted octanol–water partition coefficient (Wildman–Crippen LogP) is 4.44. The van der Waals surface area contributed by atoms with Gasteiger partial charge >= 0.3 is 0 Å². The van der Waals surface area contributed by atoms with Crippen molar-refractivity contribution in [3.63, 3.8) is 0 Å². The standard InChI is InChI=1S/C20H24Cl2N2O3S/c1-4-24(5-2)28(26,27)16-11-9-15(10-12-16)14(3)23-20(25)13-17-18(21)7-6-8-19(17)22/h6-12,14H,4-5,13H2,1-3H3,(H,23,25). The Balaban J connectivity index is 2.09. The van der Waals surface area contributed by atoms with Gasteiger partial charge in [-0.2, -0.15) is 4.31 Å². The maximum Gasteiger partial charge on any atom is 0.243 e. The second-order valence-electron chi connectivity index (χ2n) is 6.32. The number of benzene rings is 2. The fourth-order valence-corrected chi connectivity index (χ4v) is 4.87. The van der Waals surface area contributed by atoms with E-state index < -0.39 is 10.0 Å². The van der Waals surface area contributed by atoms with E-state index in [-0.39, 0.29) is 23.3 Å². The van der Waals surface area contributed by atoms with Crippen molar-refractivity contribution in [2.75, 3.05) is 13.1 Å². The summed E-state index contributed by atoms with van der Waals surface area (Å²) in [6, 6.07) is 11.4. The summed E-state index contributed by atoms with van der Waals surface area (Å²) in [7, 11) is -3.50. The van der Waals surface area contributed by atoms with Crippen LogP contribution in [0.15, 0.2) is 47.4 Å². The van der Waals surface area contributed by atoms with Crippen LogP contribution in [0.4, 0.5) is 0 Å². The summed E-state index contributed by atoms with van der Waals surface area (Å²) in [6.07, 6.45) is 0.0667. The van der Waals surface area contributed by atoms with Crippen LogP contribution < -0.4 is 5.32 Å². The van der Waals surface area contributed by atoms with Gasteiger partial charge in [-0.15, -0.1) is 0 Å². The van der Waals surface area contributed by atoms with Crippen molar-refractivity contribution in [1.82, 2.24) is 9.62 Å². The summed E-state index contributed by atoms with van der Waals surface area (Å²) in [5.41, 5.74) is 1.38. The minimum atomic E-state index is -3.50. The van der Waals surface area contributed by atoms with Crippen molar-refractivity contribution in [2.24, 2.45) is 0 Å². The Bertz CT molecular complexity index is 907. The van der Waals surface area contributed by atoms with E-state index in [1.165, 1.54) is 4.31 Å². The lowest BCUT2D eigenvalue weighted by Crippen LogP contribution is -2.31. The molecule has 0 heterocycles. The third-order valence-electron chi connectivity index (χ3n) is 4.50. The number of hydrogen-bond donors (Lipinski definition) is 1. The molecule has 2 rings (SSSR count). The molecule has 8 heteroatoms. The van der Waals surface area contributed by atoms with E-state index in [0.717, 1.165) is 5.56 Å². The van der Waals surface area contributed by atoms with Crippen LogP contribution in [0.25, 0.3) is 0 Å². The van der Waals surface area contributed by atoms with Crippen LogP contribution in [0, 0.1) is 0 Å². The number of sulfonamides is 1. The van der Waals surface area contributed by atoms with Crippen molar-refractivity contribution in [3.8, 4) is 0 Å². The molecule has 0 saturated heterocycles. The van der Waals surface area contributed by atoms with Crippen LogP contribution in [-0.2, 0) is 21.2 Å². The summed E-state index contributed by atoms with van der Waals surface area (Å²) in [5.74, 6) is -0.220. The van der Waals surface area contributed by atoms with Crippen LogP contribution >= 0.6 is 23.2 Å². The molecule has 0 aliphatic carbocycles. The molecular weight excluding hydrogens is 419 g/mol. The number of carbonyl (C=O) groups is 1. The molecule has 2 aromatic carbocycles. The SMILES string of the molecule is CCN(CC)S(=O)(=O)c1ccc(C(C)NC(=O)Cc2c(Cl)cccc2Cl)cc1. The Labute approximate surface area is 176 Å². The number of hydrogen-bond acceptors (Lipinski definition) is 3. The fraction of sp³-hybridized carbons (Fsp3) is 0.350. The summed E-state index contributed by atoms with van der Waals surface area (Å²) >= 11 is 12.2. The molecular formula is C20H24Cl2N2O3S. The lowest BCUT2D eigenvalue weighted by Gasteiger charge is -2.19. The Morgan fingerprint density at radius 2 is 1.57 bits per heavy atom. The topological polar surface area (TPSA) is 66.5 Å². The maximum absolute atomic E-state index is 12.6. The number of rotatable bonds is 8. The van der Waals surface area contributed by atoms with E-state index in [0.29, 0.717) is 28.7 Å². The average Bonchev–Trinajstić information content (AvgIpc) is 2.65. The van der Waals surface area contributed by atoms with E-state index >= 15 is 0 Å². The van der Waals surface area contributed by atoms with Gasteiger partial charge < -0.3 is 5.32 Å². The van der Waals surface area contributed by atoms with Gasteiger partial charge in [-0.3, -0.25) is 4.79 Å². The quantitative estimate of drug-likeness (QED) is 0.656. The highest BCUT2D eigenvalue weighted by Gasteiger charge is 2.22. The van der Waals surface area contributed by atoms with Crippen molar-refractivity contribution in [2.45, 2.75) is 38.1 Å². The predicted molar refractivity (Wildman–Crippen MR) is 113 cm³/mol. The second kappa shape index (κ2) is 9.74. The maximum atomic E-state index is 12.6. The summed E-state index contributed by atoms with van der Waals surface area (Å²) in [5, 5.41) is 3.78. The van der Waals surface area contributed by atoms with E-state index in [2.05, 4.69) is 5.32 Å². The first kappa shape index (κ1) is 22.7. The van der Waals surface area contributed by atoms with Gasteiger partial charge in [0.1, 0.15) is 0 Å². The van der Waals surface area contributed by atoms with E-state index in [1.807, 2.05) is 6.92 Å². The molecule has 28 heavy (non-hydrogen) atoms. The number of nitrogens with zero attached hydrogens (tertiary/aromatic N) is 1. The molecule has 152 valence electrons. The normalized spacial score (nSPS) is 12.8. The molecule has 0 saturated carbocycles. The molecule has 2 aromatic rings. The van der Waals surface area contributed by atoms with Gasteiger partial charge in [0.2, 0.25) is 15.9 Å². The lowest BCUT2D eigenvalue weighted by atomic mass is 10.1. The largest absolute Gasteiger partial charge is 0.349 e. The zero-order chi connectivity index (χ0) is 20.9. The number of amides is 1. The number of nitrogens with one attached hydrogen (secondary N) is 1. The zero-order valence-electron chi connectivity index (χ0n) is 16.1. The number of halogens is 2. The average molecular weight is 443 g/mol. The Kier molecular flexibility index (Phi) is 7.89. The Hall–Kier alpha value is -1.60. The molecule has 0 spiro atoms. The molecule has 0 fully saturated rings. The van der Waals surface area contributed by atoms with E-state index in [4.69, 9.17) is 23.2 Å². The molecule has 0 aromatic heterocycles. The number of carbonyl (C=O) groups excluding carboxylic acids is 1. The third-order valence-corrected chi connectivity index (χ3v) is 7.27. The van der Waals surface area contributed by atoms with Crippen LogP contribution in [0.5, 0.6) is 0 Å².